The molecule has 1 aliphatic heterocycles. The number of nitrogens with zero attached hydrogens (tertiary/aromatic N) is 2. The van der Waals surface area contributed by atoms with Gasteiger partial charge in [-0.2, -0.15) is 0 Å². The quantitative estimate of drug-likeness (QED) is 0.196. The van der Waals surface area contributed by atoms with E-state index in [0.29, 0.717) is 6.04 Å². The molecule has 2 aromatic carbocycles. The second-order valence-electron chi connectivity index (χ2n) is 9.49. The van der Waals surface area contributed by atoms with E-state index >= 15 is 0 Å². The van der Waals surface area contributed by atoms with Gasteiger partial charge in [-0.1, -0.05) is 97.8 Å². The van der Waals surface area contributed by atoms with Crippen LogP contribution in [0.2, 0.25) is 0 Å². The van der Waals surface area contributed by atoms with Gasteiger partial charge >= 0.3 is 0 Å². The summed E-state index contributed by atoms with van der Waals surface area (Å²) in [5.41, 5.74) is 3.77. The Morgan fingerprint density at radius 2 is 1.61 bits per heavy atom. The number of carbonyl (C=O) groups is 1. The molecule has 0 bridgehead atoms. The van der Waals surface area contributed by atoms with Crippen LogP contribution < -0.4 is 5.32 Å². The molecule has 4 rings (SSSR count). The van der Waals surface area contributed by atoms with Gasteiger partial charge in [0.1, 0.15) is 0 Å². The Kier molecular flexibility index (Phi) is 10.1. The Labute approximate surface area is 215 Å². The summed E-state index contributed by atoms with van der Waals surface area (Å²) in [6, 6.07) is 26.0. The fourth-order valence-electron chi connectivity index (χ4n) is 5.00. The van der Waals surface area contributed by atoms with E-state index in [1.807, 2.05) is 24.3 Å². The molecule has 3 aromatic rings. The van der Waals surface area contributed by atoms with Crippen LogP contribution in [0, 0.1) is 5.92 Å². The summed E-state index contributed by atoms with van der Waals surface area (Å²) >= 11 is 0. The zero-order chi connectivity index (χ0) is 24.8. The molecule has 0 unspecified atom stereocenters. The summed E-state index contributed by atoms with van der Waals surface area (Å²) in [7, 11) is 0. The number of nitrogens with one attached hydrogen (secondary N) is 1. The van der Waals surface area contributed by atoms with Crippen LogP contribution in [0.3, 0.4) is 0 Å². The highest BCUT2D eigenvalue weighted by molar-refractivity contribution is 5.87. The number of amides is 1. The Balaban J connectivity index is 1.15. The second kappa shape index (κ2) is 14.2. The van der Waals surface area contributed by atoms with Crippen molar-refractivity contribution in [3.63, 3.8) is 0 Å². The third kappa shape index (κ3) is 8.03. The van der Waals surface area contributed by atoms with Gasteiger partial charge in [0.25, 0.3) is 0 Å². The average molecular weight is 480 g/mol. The fraction of sp³-hybridized carbons (Fsp3) is 0.312. The van der Waals surface area contributed by atoms with Crippen molar-refractivity contribution in [2.45, 2.75) is 38.1 Å². The molecule has 1 amide bonds. The van der Waals surface area contributed by atoms with Crippen molar-refractivity contribution in [2.75, 3.05) is 19.6 Å². The minimum absolute atomic E-state index is 0.0352. The van der Waals surface area contributed by atoms with Crippen LogP contribution in [0.1, 0.15) is 54.8 Å². The largest absolute Gasteiger partial charge is 0.353 e. The number of rotatable bonds is 11. The average Bonchev–Trinajstić information content (AvgIpc) is 2.94. The monoisotopic (exact) mass is 479 g/mol. The van der Waals surface area contributed by atoms with Crippen LogP contribution in [0.25, 0.3) is 6.08 Å². The number of likely N-dealkylation sites (tertiary alicyclic amines) is 1. The lowest BCUT2D eigenvalue weighted by Crippen LogP contribution is -2.37. The van der Waals surface area contributed by atoms with Crippen LogP contribution in [0.4, 0.5) is 0 Å². The third-order valence-corrected chi connectivity index (χ3v) is 6.92. The summed E-state index contributed by atoms with van der Waals surface area (Å²) < 4.78 is 0. The van der Waals surface area contributed by atoms with Crippen LogP contribution >= 0.6 is 0 Å². The normalized spacial score (nSPS) is 15.1. The van der Waals surface area contributed by atoms with Crippen LogP contribution in [0.5, 0.6) is 0 Å². The first-order valence-corrected chi connectivity index (χ1v) is 13.2. The maximum atomic E-state index is 12.0. The van der Waals surface area contributed by atoms with Gasteiger partial charge in [0.05, 0.1) is 6.04 Å². The van der Waals surface area contributed by atoms with Crippen molar-refractivity contribution in [1.82, 2.24) is 15.2 Å². The number of pyridine rings is 1. The molecular weight excluding hydrogens is 442 g/mol. The van der Waals surface area contributed by atoms with E-state index in [1.165, 1.54) is 30.4 Å². The molecule has 0 atom stereocenters. The SMILES string of the molecule is O=C(/C=C/C=C/c1cccnc1)NCCCCC1CCN(C(c2ccccc2)c2ccccc2)CC1. The fourth-order valence-corrected chi connectivity index (χ4v) is 5.00. The van der Waals surface area contributed by atoms with Crippen molar-refractivity contribution in [3.8, 4) is 0 Å². The van der Waals surface area contributed by atoms with Crippen molar-refractivity contribution in [3.05, 3.63) is 120 Å². The van der Waals surface area contributed by atoms with Gasteiger partial charge in [-0.05, 0) is 61.0 Å². The maximum absolute atomic E-state index is 12.0. The first kappa shape index (κ1) is 25.6. The molecule has 4 nitrogen and oxygen atoms in total. The van der Waals surface area contributed by atoms with Crippen molar-refractivity contribution in [2.24, 2.45) is 5.92 Å². The molecule has 0 aliphatic carbocycles. The summed E-state index contributed by atoms with van der Waals surface area (Å²) in [5.74, 6) is 0.744. The van der Waals surface area contributed by atoms with E-state index < -0.39 is 0 Å². The van der Waals surface area contributed by atoms with Crippen molar-refractivity contribution in [1.29, 1.82) is 0 Å². The van der Waals surface area contributed by atoms with E-state index in [0.717, 1.165) is 44.0 Å². The molecule has 1 fully saturated rings. The lowest BCUT2D eigenvalue weighted by atomic mass is 9.88. The molecule has 0 radical (unpaired) electrons. The van der Waals surface area contributed by atoms with Crippen molar-refractivity contribution < 1.29 is 4.79 Å². The molecule has 1 saturated heterocycles. The summed E-state index contributed by atoms with van der Waals surface area (Å²) in [6.07, 6.45) is 16.6. The Morgan fingerprint density at radius 3 is 2.25 bits per heavy atom. The van der Waals surface area contributed by atoms with Gasteiger partial charge in [0.15, 0.2) is 0 Å². The lowest BCUT2D eigenvalue weighted by Gasteiger charge is -2.38. The molecule has 2 heterocycles. The van der Waals surface area contributed by atoms with Gasteiger partial charge in [0.2, 0.25) is 5.91 Å². The summed E-state index contributed by atoms with van der Waals surface area (Å²) in [4.78, 5) is 18.7. The Hall–Kier alpha value is -3.50. The number of hydrogen-bond acceptors (Lipinski definition) is 3. The number of allylic oxidation sites excluding steroid dienone is 2. The van der Waals surface area contributed by atoms with E-state index in [4.69, 9.17) is 0 Å². The van der Waals surface area contributed by atoms with Gasteiger partial charge < -0.3 is 5.32 Å². The van der Waals surface area contributed by atoms with Gasteiger partial charge in [-0.25, -0.2) is 0 Å². The number of benzene rings is 2. The molecule has 0 spiro atoms. The molecule has 1 N–H and O–H groups in total. The predicted octanol–water partition coefficient (Wildman–Crippen LogP) is 6.44. The highest BCUT2D eigenvalue weighted by Gasteiger charge is 2.27. The molecule has 186 valence electrons. The first-order valence-electron chi connectivity index (χ1n) is 13.2. The minimum Gasteiger partial charge on any atom is -0.353 e. The number of hydrogen-bond donors (Lipinski definition) is 1. The third-order valence-electron chi connectivity index (χ3n) is 6.92. The van der Waals surface area contributed by atoms with Crippen molar-refractivity contribution >= 4 is 12.0 Å². The van der Waals surface area contributed by atoms with Gasteiger partial charge in [-0.3, -0.25) is 14.7 Å². The molecule has 36 heavy (non-hydrogen) atoms. The number of piperidine rings is 1. The van der Waals surface area contributed by atoms with E-state index in [9.17, 15) is 4.79 Å². The summed E-state index contributed by atoms with van der Waals surface area (Å²) in [5, 5.41) is 3.00. The number of aromatic nitrogens is 1. The van der Waals surface area contributed by atoms with E-state index in [2.05, 4.69) is 75.9 Å². The molecule has 1 aromatic heterocycles. The zero-order valence-corrected chi connectivity index (χ0v) is 21.0. The smallest absolute Gasteiger partial charge is 0.243 e. The van der Waals surface area contributed by atoms with Gasteiger partial charge in [0, 0.05) is 25.0 Å². The molecular formula is C32H37N3O. The van der Waals surface area contributed by atoms with Gasteiger partial charge in [-0.15, -0.1) is 0 Å². The molecule has 1 aliphatic rings. The highest BCUT2D eigenvalue weighted by Crippen LogP contribution is 2.33. The van der Waals surface area contributed by atoms with E-state index in [1.54, 1.807) is 24.5 Å². The summed E-state index contributed by atoms with van der Waals surface area (Å²) in [6.45, 7) is 3.00. The first-order chi connectivity index (χ1) is 17.8. The highest BCUT2D eigenvalue weighted by atomic mass is 16.1. The zero-order valence-electron chi connectivity index (χ0n) is 21.0. The Bertz CT molecular complexity index is 1050. The number of unbranched alkanes of at least 4 members (excludes halogenated alkanes) is 1. The predicted molar refractivity (Wildman–Crippen MR) is 148 cm³/mol. The molecule has 0 saturated carbocycles. The van der Waals surface area contributed by atoms with E-state index in [-0.39, 0.29) is 5.91 Å². The minimum atomic E-state index is -0.0352. The lowest BCUT2D eigenvalue weighted by molar-refractivity contribution is -0.116. The second-order valence-corrected chi connectivity index (χ2v) is 9.49. The molecule has 4 heteroatoms. The number of carbonyl (C=O) groups excluding carboxylic acids is 1. The van der Waals surface area contributed by atoms with Crippen LogP contribution in [0.15, 0.2) is 103 Å². The van der Waals surface area contributed by atoms with Crippen LogP contribution in [-0.4, -0.2) is 35.4 Å². The standard InChI is InChI=1S/C32H37N3O/c36-31(19-8-7-13-28-14-11-22-33-26-28)34-23-10-9-12-27-20-24-35(25-21-27)32(29-15-3-1-4-16-29)30-17-5-2-6-18-30/h1-8,11,13-19,22,26-27,32H,9-10,12,20-21,23-25H2,(H,34,36)/b13-7+,19-8+. The Morgan fingerprint density at radius 1 is 0.917 bits per heavy atom. The maximum Gasteiger partial charge on any atom is 0.243 e. The topological polar surface area (TPSA) is 45.2 Å². The van der Waals surface area contributed by atoms with Crippen LogP contribution in [-0.2, 0) is 4.79 Å².